The number of anilines is 1. The van der Waals surface area contributed by atoms with E-state index in [4.69, 9.17) is 0 Å². The van der Waals surface area contributed by atoms with E-state index in [1.165, 1.54) is 16.8 Å². The van der Waals surface area contributed by atoms with Gasteiger partial charge < -0.3 is 10.2 Å². The van der Waals surface area contributed by atoms with Crippen molar-refractivity contribution in [2.24, 2.45) is 7.05 Å². The molecule has 1 N–H and O–H groups in total. The molecule has 29 heavy (non-hydrogen) atoms. The van der Waals surface area contributed by atoms with E-state index in [0.717, 1.165) is 30.8 Å². The Morgan fingerprint density at radius 2 is 1.86 bits per heavy atom. The van der Waals surface area contributed by atoms with Gasteiger partial charge in [-0.1, -0.05) is 6.07 Å². The third-order valence-corrected chi connectivity index (χ3v) is 5.48. The molecule has 2 aliphatic rings. The third-order valence-electron chi connectivity index (χ3n) is 5.48. The summed E-state index contributed by atoms with van der Waals surface area (Å²) >= 11 is 0. The average molecular weight is 409 g/mol. The minimum Gasteiger partial charge on any atom is -0.324 e. The van der Waals surface area contributed by atoms with Crippen molar-refractivity contribution in [3.8, 4) is 0 Å². The van der Waals surface area contributed by atoms with Gasteiger partial charge in [-0.05, 0) is 43.9 Å². The summed E-state index contributed by atoms with van der Waals surface area (Å²) < 4.78 is 41.6. The number of piperidine rings is 1. The van der Waals surface area contributed by atoms with Gasteiger partial charge in [0, 0.05) is 37.8 Å². The number of nitrogens with one attached hydrogen (secondary N) is 1. The molecule has 2 amide bonds. The Morgan fingerprint density at radius 3 is 2.48 bits per heavy atom. The fourth-order valence-electron chi connectivity index (χ4n) is 3.77. The lowest BCUT2D eigenvalue weighted by molar-refractivity contribution is -0.137. The molecule has 0 radical (unpaired) electrons. The molecule has 7 nitrogen and oxygen atoms in total. The maximum absolute atomic E-state index is 12.8. The zero-order chi connectivity index (χ0) is 20.8. The van der Waals surface area contributed by atoms with E-state index < -0.39 is 17.8 Å². The number of urea groups is 1. The number of amides is 2. The summed E-state index contributed by atoms with van der Waals surface area (Å²) in [6.07, 6.45) is -1.19. The highest BCUT2D eigenvalue weighted by Crippen LogP contribution is 2.37. The molecule has 2 aromatic rings. The minimum absolute atomic E-state index is 0.0853. The highest BCUT2D eigenvalue weighted by atomic mass is 19.4. The van der Waals surface area contributed by atoms with Gasteiger partial charge in [0.25, 0.3) is 0 Å². The fourth-order valence-corrected chi connectivity index (χ4v) is 3.77. The largest absolute Gasteiger partial charge is 0.416 e. The first-order valence-corrected chi connectivity index (χ1v) is 9.62. The first kappa shape index (κ1) is 19.5. The van der Waals surface area contributed by atoms with Crippen molar-refractivity contribution in [3.05, 3.63) is 46.1 Å². The number of aryl methyl sites for hydroxylation is 1. The molecule has 2 heterocycles. The van der Waals surface area contributed by atoms with Gasteiger partial charge in [-0.3, -0.25) is 4.57 Å². The van der Waals surface area contributed by atoms with Crippen LogP contribution in [0.2, 0.25) is 0 Å². The number of hydrogen-bond donors (Lipinski definition) is 1. The SMILES string of the molecule is Cn1nc(C2CCN(C(=O)Nc3cccc(C(F)(F)F)c3)CC2)n(C2CC2)c1=O. The monoisotopic (exact) mass is 409 g/mol. The average Bonchev–Trinajstić information content (AvgIpc) is 3.47. The third kappa shape index (κ3) is 4.01. The summed E-state index contributed by atoms with van der Waals surface area (Å²) in [5, 5.41) is 6.95. The Bertz CT molecular complexity index is 969. The second-order valence-corrected chi connectivity index (χ2v) is 7.64. The Morgan fingerprint density at radius 1 is 1.17 bits per heavy atom. The molecule has 2 fully saturated rings. The van der Waals surface area contributed by atoms with Crippen molar-refractivity contribution >= 4 is 11.7 Å². The summed E-state index contributed by atoms with van der Waals surface area (Å²) in [6, 6.07) is 4.39. The first-order valence-electron chi connectivity index (χ1n) is 9.62. The highest BCUT2D eigenvalue weighted by molar-refractivity contribution is 5.89. The number of aromatic nitrogens is 3. The summed E-state index contributed by atoms with van der Waals surface area (Å²) in [5.41, 5.74) is -0.798. The molecule has 1 aromatic carbocycles. The van der Waals surface area contributed by atoms with Crippen molar-refractivity contribution in [1.29, 1.82) is 0 Å². The summed E-state index contributed by atoms with van der Waals surface area (Å²) in [5.74, 6) is 0.861. The molecule has 1 aromatic heterocycles. The molecule has 1 saturated carbocycles. The normalized spacial score (nSPS) is 18.1. The Balaban J connectivity index is 1.40. The molecule has 0 unspecified atom stereocenters. The van der Waals surface area contributed by atoms with Gasteiger partial charge in [-0.15, -0.1) is 0 Å². The van der Waals surface area contributed by atoms with Crippen LogP contribution in [-0.2, 0) is 13.2 Å². The van der Waals surface area contributed by atoms with Crippen molar-refractivity contribution in [2.75, 3.05) is 18.4 Å². The molecular weight excluding hydrogens is 387 g/mol. The Hall–Kier alpha value is -2.78. The van der Waals surface area contributed by atoms with Crippen LogP contribution >= 0.6 is 0 Å². The van der Waals surface area contributed by atoms with Crippen LogP contribution in [0, 0.1) is 0 Å². The Labute approximate surface area is 165 Å². The smallest absolute Gasteiger partial charge is 0.324 e. The van der Waals surface area contributed by atoms with Crippen LogP contribution in [-0.4, -0.2) is 38.4 Å². The zero-order valence-corrected chi connectivity index (χ0v) is 15.9. The molecule has 156 valence electrons. The zero-order valence-electron chi connectivity index (χ0n) is 15.9. The molecule has 0 atom stereocenters. The van der Waals surface area contributed by atoms with Crippen LogP contribution in [0.1, 0.15) is 49.0 Å². The van der Waals surface area contributed by atoms with Gasteiger partial charge in [-0.2, -0.15) is 18.3 Å². The molecule has 1 saturated heterocycles. The summed E-state index contributed by atoms with van der Waals surface area (Å²) in [6.45, 7) is 0.899. The van der Waals surface area contributed by atoms with Crippen molar-refractivity contribution < 1.29 is 18.0 Å². The van der Waals surface area contributed by atoms with Crippen molar-refractivity contribution in [2.45, 2.75) is 43.8 Å². The van der Waals surface area contributed by atoms with E-state index >= 15 is 0 Å². The van der Waals surface area contributed by atoms with Gasteiger partial charge in [0.2, 0.25) is 0 Å². The van der Waals surface area contributed by atoms with Crippen molar-refractivity contribution in [3.63, 3.8) is 0 Å². The number of alkyl halides is 3. The Kier molecular flexibility index (Phi) is 4.87. The van der Waals surface area contributed by atoms with E-state index in [2.05, 4.69) is 10.4 Å². The lowest BCUT2D eigenvalue weighted by Gasteiger charge is -2.31. The number of nitrogens with zero attached hydrogens (tertiary/aromatic N) is 4. The van der Waals surface area contributed by atoms with Crippen LogP contribution in [0.3, 0.4) is 0 Å². The number of carbonyl (C=O) groups excluding carboxylic acids is 1. The number of carbonyl (C=O) groups is 1. The molecule has 1 aliphatic carbocycles. The lowest BCUT2D eigenvalue weighted by atomic mass is 9.96. The van der Waals surface area contributed by atoms with E-state index in [1.54, 1.807) is 16.5 Å². The fraction of sp³-hybridized carbons (Fsp3) is 0.526. The predicted molar refractivity (Wildman–Crippen MR) is 99.7 cm³/mol. The maximum atomic E-state index is 12.8. The van der Waals surface area contributed by atoms with Gasteiger partial charge >= 0.3 is 17.9 Å². The summed E-state index contributed by atoms with van der Waals surface area (Å²) in [7, 11) is 1.64. The standard InChI is InChI=1S/C19H22F3N5O2/c1-25-18(29)27(15-5-6-15)16(24-25)12-7-9-26(10-8-12)17(28)23-14-4-2-3-13(11-14)19(20,21)22/h2-4,11-12,15H,5-10H2,1H3,(H,23,28). The molecule has 0 bridgehead atoms. The number of halogens is 3. The number of rotatable bonds is 3. The van der Waals surface area contributed by atoms with E-state index in [1.807, 2.05) is 0 Å². The maximum Gasteiger partial charge on any atom is 0.416 e. The minimum atomic E-state index is -4.46. The molecule has 10 heteroatoms. The predicted octanol–water partition coefficient (Wildman–Crippen LogP) is 3.35. The number of benzene rings is 1. The second kappa shape index (κ2) is 7.23. The van der Waals surface area contributed by atoms with E-state index in [0.29, 0.717) is 25.9 Å². The van der Waals surface area contributed by atoms with E-state index in [-0.39, 0.29) is 23.3 Å². The van der Waals surface area contributed by atoms with Gasteiger partial charge in [0.05, 0.1) is 5.56 Å². The number of likely N-dealkylation sites (tertiary alicyclic amines) is 1. The first-order chi connectivity index (χ1) is 13.7. The van der Waals surface area contributed by atoms with Crippen LogP contribution in [0.15, 0.2) is 29.1 Å². The molecule has 4 rings (SSSR count). The van der Waals surface area contributed by atoms with Crippen LogP contribution in [0.4, 0.5) is 23.7 Å². The van der Waals surface area contributed by atoms with Gasteiger partial charge in [0.1, 0.15) is 5.82 Å². The highest BCUT2D eigenvalue weighted by Gasteiger charge is 2.34. The lowest BCUT2D eigenvalue weighted by Crippen LogP contribution is -2.41. The van der Waals surface area contributed by atoms with Crippen LogP contribution in [0.5, 0.6) is 0 Å². The molecular formula is C19H22F3N5O2. The molecule has 1 aliphatic heterocycles. The van der Waals surface area contributed by atoms with Crippen molar-refractivity contribution in [1.82, 2.24) is 19.2 Å². The topological polar surface area (TPSA) is 72.2 Å². The quantitative estimate of drug-likeness (QED) is 0.845. The summed E-state index contributed by atoms with van der Waals surface area (Å²) in [4.78, 5) is 26.4. The van der Waals surface area contributed by atoms with Gasteiger partial charge in [0.15, 0.2) is 0 Å². The van der Waals surface area contributed by atoms with Crippen LogP contribution < -0.4 is 11.0 Å². The second-order valence-electron chi connectivity index (χ2n) is 7.64. The number of hydrogen-bond acceptors (Lipinski definition) is 3. The van der Waals surface area contributed by atoms with Crippen LogP contribution in [0.25, 0.3) is 0 Å². The molecule has 0 spiro atoms. The van der Waals surface area contributed by atoms with Gasteiger partial charge in [-0.25, -0.2) is 14.3 Å². The van der Waals surface area contributed by atoms with E-state index in [9.17, 15) is 22.8 Å².